The summed E-state index contributed by atoms with van der Waals surface area (Å²) >= 11 is 0. The van der Waals surface area contributed by atoms with Crippen molar-refractivity contribution in [3.8, 4) is 0 Å². The molecule has 18 heavy (non-hydrogen) atoms. The summed E-state index contributed by atoms with van der Waals surface area (Å²) in [6.07, 6.45) is 0. The molecule has 5 heteroatoms. The summed E-state index contributed by atoms with van der Waals surface area (Å²) in [5.41, 5.74) is 3.49. The van der Waals surface area contributed by atoms with E-state index in [4.69, 9.17) is 4.74 Å². The van der Waals surface area contributed by atoms with Gasteiger partial charge in [0.25, 0.3) is 0 Å². The zero-order valence-corrected chi connectivity index (χ0v) is 9.94. The highest BCUT2D eigenvalue weighted by Gasteiger charge is 2.51. The number of ketones is 1. The standard InChI is InChI=1S/C13H13FN2O2/c1-13(7-18-13)12(17)11-10(6-15-16-11)8-2-4-9(14)5-3-8/h2-5,10,15H,6-7H2,1H3. The van der Waals surface area contributed by atoms with Crippen LogP contribution in [-0.2, 0) is 9.53 Å². The molecular formula is C13H13FN2O2. The number of halogens is 1. The maximum atomic E-state index is 12.9. The van der Waals surface area contributed by atoms with Crippen LogP contribution in [0.15, 0.2) is 29.4 Å². The van der Waals surface area contributed by atoms with Crippen molar-refractivity contribution in [2.45, 2.75) is 18.4 Å². The number of epoxide rings is 1. The van der Waals surface area contributed by atoms with Gasteiger partial charge in [0.2, 0.25) is 5.78 Å². The van der Waals surface area contributed by atoms with Crippen LogP contribution in [0.25, 0.3) is 0 Å². The van der Waals surface area contributed by atoms with Gasteiger partial charge in [-0.3, -0.25) is 4.79 Å². The third-order valence-electron chi connectivity index (χ3n) is 3.39. The maximum Gasteiger partial charge on any atom is 0.213 e. The number of Topliss-reactive ketones (excluding diaryl/α,β-unsaturated/α-hetero) is 1. The van der Waals surface area contributed by atoms with Crippen LogP contribution in [0.1, 0.15) is 18.4 Å². The summed E-state index contributed by atoms with van der Waals surface area (Å²) in [6.45, 7) is 2.77. The van der Waals surface area contributed by atoms with Crippen molar-refractivity contribution in [2.24, 2.45) is 5.10 Å². The Labute approximate surface area is 104 Å². The Hall–Kier alpha value is -1.75. The second-order valence-corrected chi connectivity index (χ2v) is 4.81. The van der Waals surface area contributed by atoms with Crippen LogP contribution in [0.2, 0.25) is 0 Å². The normalized spacial score (nSPS) is 29.7. The second kappa shape index (κ2) is 3.88. The van der Waals surface area contributed by atoms with E-state index in [1.807, 2.05) is 0 Å². The molecule has 1 saturated heterocycles. The van der Waals surface area contributed by atoms with Gasteiger partial charge in [-0.25, -0.2) is 4.39 Å². The van der Waals surface area contributed by atoms with Gasteiger partial charge in [-0.1, -0.05) is 12.1 Å². The number of rotatable bonds is 3. The zero-order valence-electron chi connectivity index (χ0n) is 9.94. The number of nitrogens with zero attached hydrogens (tertiary/aromatic N) is 1. The zero-order chi connectivity index (χ0) is 12.8. The van der Waals surface area contributed by atoms with E-state index in [9.17, 15) is 9.18 Å². The van der Waals surface area contributed by atoms with Crippen LogP contribution in [0.4, 0.5) is 4.39 Å². The summed E-state index contributed by atoms with van der Waals surface area (Å²) in [5, 5.41) is 4.07. The van der Waals surface area contributed by atoms with Gasteiger partial charge in [-0.15, -0.1) is 0 Å². The molecule has 0 amide bonds. The quantitative estimate of drug-likeness (QED) is 0.818. The minimum Gasteiger partial charge on any atom is -0.361 e. The van der Waals surface area contributed by atoms with Gasteiger partial charge in [-0.2, -0.15) is 5.10 Å². The van der Waals surface area contributed by atoms with Crippen LogP contribution in [0, 0.1) is 5.82 Å². The minimum atomic E-state index is -0.705. The summed E-state index contributed by atoms with van der Waals surface area (Å²) in [4.78, 5) is 12.2. The van der Waals surface area contributed by atoms with Gasteiger partial charge >= 0.3 is 0 Å². The first-order valence-electron chi connectivity index (χ1n) is 5.85. The summed E-state index contributed by atoms with van der Waals surface area (Å²) in [7, 11) is 0. The number of hydrogen-bond donors (Lipinski definition) is 1. The summed E-state index contributed by atoms with van der Waals surface area (Å²) < 4.78 is 18.1. The fourth-order valence-corrected chi connectivity index (χ4v) is 2.09. The lowest BCUT2D eigenvalue weighted by atomic mass is 9.89. The highest BCUT2D eigenvalue weighted by atomic mass is 19.1. The number of benzene rings is 1. The first kappa shape index (κ1) is 11.3. The lowest BCUT2D eigenvalue weighted by molar-refractivity contribution is -0.117. The van der Waals surface area contributed by atoms with Crippen molar-refractivity contribution in [3.63, 3.8) is 0 Å². The van der Waals surface area contributed by atoms with Crippen molar-refractivity contribution in [2.75, 3.05) is 13.2 Å². The lowest BCUT2D eigenvalue weighted by Crippen LogP contribution is -2.32. The van der Waals surface area contributed by atoms with Gasteiger partial charge in [0.1, 0.15) is 11.5 Å². The molecule has 1 aromatic rings. The van der Waals surface area contributed by atoms with E-state index in [-0.39, 0.29) is 17.5 Å². The minimum absolute atomic E-state index is 0.0816. The molecule has 4 nitrogen and oxygen atoms in total. The van der Waals surface area contributed by atoms with Crippen molar-refractivity contribution in [1.29, 1.82) is 0 Å². The van der Waals surface area contributed by atoms with Crippen molar-refractivity contribution < 1.29 is 13.9 Å². The topological polar surface area (TPSA) is 54.0 Å². The Morgan fingerprint density at radius 1 is 1.50 bits per heavy atom. The number of hydrazone groups is 1. The molecule has 1 fully saturated rings. The number of hydrogen-bond acceptors (Lipinski definition) is 4. The molecule has 0 aromatic heterocycles. The van der Waals surface area contributed by atoms with E-state index in [1.165, 1.54) is 12.1 Å². The molecule has 0 saturated carbocycles. The van der Waals surface area contributed by atoms with Crippen molar-refractivity contribution in [1.82, 2.24) is 5.43 Å². The first-order chi connectivity index (χ1) is 8.60. The van der Waals surface area contributed by atoms with Crippen molar-refractivity contribution >= 4 is 11.5 Å². The fourth-order valence-electron chi connectivity index (χ4n) is 2.09. The van der Waals surface area contributed by atoms with Crippen LogP contribution < -0.4 is 5.43 Å². The van der Waals surface area contributed by atoms with E-state index in [2.05, 4.69) is 10.5 Å². The molecule has 2 atom stereocenters. The molecule has 2 aliphatic rings. The molecule has 2 heterocycles. The molecule has 1 aromatic carbocycles. The molecule has 0 spiro atoms. The molecule has 2 aliphatic heterocycles. The van der Waals surface area contributed by atoms with Gasteiger partial charge in [-0.05, 0) is 24.6 Å². The second-order valence-electron chi connectivity index (χ2n) is 4.81. The predicted molar refractivity (Wildman–Crippen MR) is 63.9 cm³/mol. The molecular weight excluding hydrogens is 235 g/mol. The van der Waals surface area contributed by atoms with Crippen LogP contribution in [0.3, 0.4) is 0 Å². The monoisotopic (exact) mass is 248 g/mol. The van der Waals surface area contributed by atoms with Gasteiger partial charge in [0, 0.05) is 6.54 Å². The number of carbonyl (C=O) groups excluding carboxylic acids is 1. The van der Waals surface area contributed by atoms with E-state index in [0.717, 1.165) is 5.56 Å². The van der Waals surface area contributed by atoms with E-state index >= 15 is 0 Å². The molecule has 2 unspecified atom stereocenters. The van der Waals surface area contributed by atoms with E-state index in [0.29, 0.717) is 18.9 Å². The Balaban J connectivity index is 1.87. The highest BCUT2D eigenvalue weighted by Crippen LogP contribution is 2.32. The maximum absolute atomic E-state index is 12.9. The number of carbonyl (C=O) groups is 1. The molecule has 1 N–H and O–H groups in total. The number of nitrogens with one attached hydrogen (secondary N) is 1. The Kier molecular flexibility index (Phi) is 2.45. The van der Waals surface area contributed by atoms with E-state index < -0.39 is 5.60 Å². The molecule has 0 aliphatic carbocycles. The van der Waals surface area contributed by atoms with Crippen LogP contribution in [-0.4, -0.2) is 30.2 Å². The SMILES string of the molecule is CC1(C(=O)C2=NNCC2c2ccc(F)cc2)CO1. The van der Waals surface area contributed by atoms with Gasteiger partial charge in [0.15, 0.2) is 5.60 Å². The highest BCUT2D eigenvalue weighted by molar-refractivity contribution is 6.45. The predicted octanol–water partition coefficient (Wildman–Crippen LogP) is 1.23. The Morgan fingerprint density at radius 3 is 2.78 bits per heavy atom. The third-order valence-corrected chi connectivity index (χ3v) is 3.39. The first-order valence-corrected chi connectivity index (χ1v) is 5.85. The lowest BCUT2D eigenvalue weighted by Gasteiger charge is -2.12. The number of ether oxygens (including phenoxy) is 1. The van der Waals surface area contributed by atoms with Crippen molar-refractivity contribution in [3.05, 3.63) is 35.6 Å². The van der Waals surface area contributed by atoms with Crippen LogP contribution >= 0.6 is 0 Å². The Morgan fingerprint density at radius 2 is 2.17 bits per heavy atom. The molecule has 0 radical (unpaired) electrons. The summed E-state index contributed by atoms with van der Waals surface area (Å²) in [5.74, 6) is -0.493. The molecule has 0 bridgehead atoms. The fraction of sp³-hybridized carbons (Fsp3) is 0.385. The van der Waals surface area contributed by atoms with Gasteiger partial charge in [0.05, 0.1) is 12.5 Å². The largest absolute Gasteiger partial charge is 0.361 e. The van der Waals surface area contributed by atoms with E-state index in [1.54, 1.807) is 19.1 Å². The average Bonchev–Trinajstić information content (AvgIpc) is 2.94. The average molecular weight is 248 g/mol. The summed E-state index contributed by atoms with van der Waals surface area (Å²) in [6, 6.07) is 6.16. The Bertz CT molecular complexity index is 520. The van der Waals surface area contributed by atoms with Crippen LogP contribution in [0.5, 0.6) is 0 Å². The molecule has 94 valence electrons. The smallest absolute Gasteiger partial charge is 0.213 e. The molecule has 3 rings (SSSR count). The van der Waals surface area contributed by atoms with Gasteiger partial charge < -0.3 is 10.2 Å². The third kappa shape index (κ3) is 1.80.